The number of benzene rings is 3. The molecule has 0 N–H and O–H groups in total. The molecule has 2 atom stereocenters. The average Bonchev–Trinajstić information content (AvgIpc) is 3.58. The Bertz CT molecular complexity index is 1840. The molecule has 0 fully saturated rings. The van der Waals surface area contributed by atoms with Crippen molar-refractivity contribution in [2.24, 2.45) is 5.92 Å². The van der Waals surface area contributed by atoms with Gasteiger partial charge in [-0.2, -0.15) is 0 Å². The van der Waals surface area contributed by atoms with Gasteiger partial charge in [-0.05, 0) is 0 Å². The van der Waals surface area contributed by atoms with Gasteiger partial charge in [0.25, 0.3) is 0 Å². The first-order valence-electron chi connectivity index (χ1n) is 16.0. The normalized spacial score (nSPS) is 19.6. The molecule has 0 radical (unpaired) electrons. The summed E-state index contributed by atoms with van der Waals surface area (Å²) in [6.45, 7) is 21.4. The van der Waals surface area contributed by atoms with E-state index < -0.39 is 17.4 Å². The van der Waals surface area contributed by atoms with Crippen LogP contribution < -0.4 is 0 Å². The van der Waals surface area contributed by atoms with Crippen LogP contribution in [0.3, 0.4) is 0 Å². The summed E-state index contributed by atoms with van der Waals surface area (Å²) in [4.78, 5) is 1.61. The summed E-state index contributed by atoms with van der Waals surface area (Å²) in [6, 6.07) is 25.3. The fraction of sp³-hybridized carbons (Fsp3) is 0.350. The molecule has 0 amide bonds. The van der Waals surface area contributed by atoms with Crippen LogP contribution in [0, 0.1) is 12.8 Å². The van der Waals surface area contributed by atoms with Gasteiger partial charge < -0.3 is 0 Å². The Hall–Kier alpha value is -1.35. The second kappa shape index (κ2) is 12.6. The van der Waals surface area contributed by atoms with Crippen LogP contribution in [0.4, 0.5) is 0 Å². The Balaban J connectivity index is 0.00000230. The van der Waals surface area contributed by atoms with E-state index in [1.807, 2.05) is 0 Å². The quantitative estimate of drug-likeness (QED) is 0.234. The van der Waals surface area contributed by atoms with Crippen LogP contribution in [0.1, 0.15) is 79.9 Å². The van der Waals surface area contributed by atoms with E-state index in [0.717, 1.165) is 0 Å². The molecule has 1 heterocycles. The van der Waals surface area contributed by atoms with Gasteiger partial charge in [-0.1, -0.05) is 0 Å². The van der Waals surface area contributed by atoms with Crippen molar-refractivity contribution in [2.75, 3.05) is 0 Å². The molecule has 0 saturated carbocycles. The third kappa shape index (κ3) is 6.08. The fourth-order valence-electron chi connectivity index (χ4n) is 8.21. The summed E-state index contributed by atoms with van der Waals surface area (Å²) in [5, 5.41) is 0.471. The van der Waals surface area contributed by atoms with Gasteiger partial charge in [0.1, 0.15) is 0 Å². The fourth-order valence-corrected chi connectivity index (χ4v) is 31.1. The van der Waals surface area contributed by atoms with Crippen molar-refractivity contribution in [1.29, 1.82) is 0 Å². The van der Waals surface area contributed by atoms with Crippen LogP contribution >= 0.6 is 36.6 Å². The predicted octanol–water partition coefficient (Wildman–Crippen LogP) is 12.0. The summed E-state index contributed by atoms with van der Waals surface area (Å²) >= 11 is -1.58. The summed E-state index contributed by atoms with van der Waals surface area (Å²) in [5.41, 5.74) is 16.4. The molecular weight excluding hydrogens is 703 g/mol. The standard InChI is InChI=1S/C21H23.C17H17S.2CH3.2ClH.H2Si.Zr/c1-14-12-19-15(2)6-11-18(20(19)13-14)16-7-9-17(10-8-16)21(3,4)5;1-11(2)14-9-15-16(10-14)18-12(3)17(15)13-7-5-4-6-8-13;;;;;;/h6-13H,1-5H3;4-9,11-12H,1-3H3;2*1H3;2*1H;1H2;. The zero-order chi connectivity index (χ0) is 31.1. The van der Waals surface area contributed by atoms with E-state index in [9.17, 15) is 0 Å². The molecule has 0 aromatic heterocycles. The second-order valence-corrected chi connectivity index (χ2v) is 46.3. The Morgan fingerprint density at radius 2 is 1.44 bits per heavy atom. The molecule has 0 bridgehead atoms. The van der Waals surface area contributed by atoms with Crippen molar-refractivity contribution in [2.45, 2.75) is 78.9 Å². The molecule has 3 aliphatic rings. The van der Waals surface area contributed by atoms with E-state index >= 15 is 0 Å². The molecule has 2 aliphatic carbocycles. The van der Waals surface area contributed by atoms with Gasteiger partial charge in [-0.15, -0.1) is 24.8 Å². The van der Waals surface area contributed by atoms with Crippen molar-refractivity contribution < 1.29 is 17.4 Å². The molecule has 45 heavy (non-hydrogen) atoms. The zero-order valence-electron chi connectivity index (χ0n) is 28.7. The monoisotopic (exact) mass is 750 g/mol. The van der Waals surface area contributed by atoms with E-state index in [-0.39, 0.29) is 30.2 Å². The number of aryl methyl sites for hydroxylation is 1. The summed E-state index contributed by atoms with van der Waals surface area (Å²) in [6.07, 6.45) is 5.17. The maximum atomic E-state index is 2.76. The van der Waals surface area contributed by atoms with Crippen LogP contribution in [-0.2, 0) is 22.8 Å². The first kappa shape index (κ1) is 36.5. The van der Waals surface area contributed by atoms with E-state index in [4.69, 9.17) is 0 Å². The van der Waals surface area contributed by atoms with E-state index in [0.29, 0.717) is 14.8 Å². The first-order chi connectivity index (χ1) is 20.1. The van der Waals surface area contributed by atoms with Crippen LogP contribution in [0.5, 0.6) is 0 Å². The van der Waals surface area contributed by atoms with E-state index in [2.05, 4.69) is 162 Å². The largest absolute Gasteiger partial charge is 0.147 e. The van der Waals surface area contributed by atoms with Crippen LogP contribution in [0.25, 0.3) is 22.8 Å². The molecule has 5 heteroatoms. The number of allylic oxidation sites excluding steroid dienone is 5. The van der Waals surface area contributed by atoms with Crippen molar-refractivity contribution >= 4 is 55.1 Å². The number of hydrogen-bond donors (Lipinski definition) is 0. The van der Waals surface area contributed by atoms with Crippen LogP contribution in [-0.4, -0.2) is 12.1 Å². The number of fused-ring (bicyclic) bond motifs is 2. The van der Waals surface area contributed by atoms with Gasteiger partial charge >= 0.3 is 269 Å². The molecule has 0 spiro atoms. The third-order valence-corrected chi connectivity index (χ3v) is 28.1. The van der Waals surface area contributed by atoms with Gasteiger partial charge in [0.2, 0.25) is 0 Å². The van der Waals surface area contributed by atoms with Gasteiger partial charge in [-0.25, -0.2) is 0 Å². The minimum Gasteiger partial charge on any atom is -0.147 e. The van der Waals surface area contributed by atoms with Crippen molar-refractivity contribution in [3.63, 3.8) is 0 Å². The molecule has 2 unspecified atom stereocenters. The molecule has 6 rings (SSSR count). The van der Waals surface area contributed by atoms with E-state index in [1.165, 1.54) is 44.5 Å². The summed E-state index contributed by atoms with van der Waals surface area (Å²) in [5.74, 6) is 0.505. The van der Waals surface area contributed by atoms with Crippen molar-refractivity contribution in [3.05, 3.63) is 126 Å². The van der Waals surface area contributed by atoms with Gasteiger partial charge in [-0.3, -0.25) is 0 Å². The minimum atomic E-state index is -3.71. The molecule has 0 nitrogen and oxygen atoms in total. The van der Waals surface area contributed by atoms with Gasteiger partial charge in [0.05, 0.1) is 0 Å². The number of hydrogen-bond acceptors (Lipinski definition) is 1. The molecule has 1 aliphatic heterocycles. The minimum absolute atomic E-state index is 0. The first-order valence-corrected chi connectivity index (χ1v) is 30.4. The second-order valence-electron chi connectivity index (χ2n) is 15.6. The Morgan fingerprint density at radius 1 is 0.822 bits per heavy atom. The summed E-state index contributed by atoms with van der Waals surface area (Å²) < 4.78 is 7.80. The van der Waals surface area contributed by atoms with Gasteiger partial charge in [0, 0.05) is 0 Å². The third-order valence-electron chi connectivity index (χ3n) is 10.2. The van der Waals surface area contributed by atoms with Crippen molar-refractivity contribution in [3.8, 4) is 11.1 Å². The Morgan fingerprint density at radius 3 is 2.02 bits per heavy atom. The molecule has 3 aromatic carbocycles. The number of halogens is 2. The van der Waals surface area contributed by atoms with Gasteiger partial charge in [0.15, 0.2) is 0 Å². The maximum Gasteiger partial charge on any atom is -0.147 e. The number of rotatable bonds is 5. The maximum absolute atomic E-state index is 3.71. The smallest absolute Gasteiger partial charge is 0.147 e. The molecular formula is C40H50Cl2SSiZr. The summed E-state index contributed by atoms with van der Waals surface area (Å²) in [7, 11) is 0. The zero-order valence-corrected chi connectivity index (χ0v) is 35.0. The predicted molar refractivity (Wildman–Crippen MR) is 207 cm³/mol. The SMILES string of the molecule is CC1=Cc2c(-c3ccc(C(C)(C)C)cc3)ccc(C)c2[CH]1[Zr]([CH3])([CH3])(=[SiH2])[C]1=C2SC(C)C(c3ccccc3)=C2C=C1C(C)C.Cl.Cl. The van der Waals surface area contributed by atoms with E-state index in [1.54, 1.807) is 24.9 Å². The topological polar surface area (TPSA) is 0 Å². The Kier molecular flexibility index (Phi) is 10.2. The average molecular weight is 753 g/mol. The molecule has 3 aromatic rings. The molecule has 238 valence electrons. The van der Waals surface area contributed by atoms with Crippen LogP contribution in [0.2, 0.25) is 9.26 Å². The van der Waals surface area contributed by atoms with Crippen LogP contribution in [0.15, 0.2) is 97.7 Å². The van der Waals surface area contributed by atoms with Crippen molar-refractivity contribution in [1.82, 2.24) is 0 Å². The molecule has 0 saturated heterocycles. The number of thioether (sulfide) groups is 1. The Labute approximate surface area is 291 Å².